The maximum atomic E-state index is 12.5. The van der Waals surface area contributed by atoms with Gasteiger partial charge in [-0.1, -0.05) is 19.8 Å². The Hall–Kier alpha value is -2.48. The highest BCUT2D eigenvalue weighted by Gasteiger charge is 2.24. The second kappa shape index (κ2) is 8.39. The van der Waals surface area contributed by atoms with Crippen molar-refractivity contribution in [1.29, 1.82) is 5.26 Å². The van der Waals surface area contributed by atoms with Gasteiger partial charge in [-0.05, 0) is 43.0 Å². The standard InChI is InChI=1S/C19H24N2O3/c1-13-6-4-5-7-17(13)21-19(22)15(12-20)10-14-11-16(23-2)8-9-18(14)24-3/h8-11,13,17H,4-7H2,1-3H3,(H,21,22)/b15-10+/t13-,17-/m0/s1. The maximum Gasteiger partial charge on any atom is 0.262 e. The Kier molecular flexibility index (Phi) is 6.25. The summed E-state index contributed by atoms with van der Waals surface area (Å²) in [4.78, 5) is 12.5. The minimum Gasteiger partial charge on any atom is -0.497 e. The highest BCUT2D eigenvalue weighted by atomic mass is 16.5. The SMILES string of the molecule is COc1ccc(OC)c(/C=C(\C#N)C(=O)N[C@H]2CCCC[C@@H]2C)c1. The Bertz CT molecular complexity index is 661. The summed E-state index contributed by atoms with van der Waals surface area (Å²) in [6.45, 7) is 2.14. The van der Waals surface area contributed by atoms with Crippen LogP contribution in [0.4, 0.5) is 0 Å². The number of amides is 1. The van der Waals surface area contributed by atoms with Crippen molar-refractivity contribution in [1.82, 2.24) is 5.32 Å². The molecule has 0 aliphatic heterocycles. The van der Waals surface area contributed by atoms with Gasteiger partial charge in [0.05, 0.1) is 14.2 Å². The maximum absolute atomic E-state index is 12.5. The minimum absolute atomic E-state index is 0.0688. The van der Waals surface area contributed by atoms with E-state index in [2.05, 4.69) is 12.2 Å². The Labute approximate surface area is 143 Å². The molecule has 2 atom stereocenters. The Morgan fingerprint density at radius 3 is 2.67 bits per heavy atom. The molecule has 1 aromatic rings. The highest BCUT2D eigenvalue weighted by Crippen LogP contribution is 2.27. The second-order valence-corrected chi connectivity index (χ2v) is 6.12. The van der Waals surface area contributed by atoms with Gasteiger partial charge in [0.1, 0.15) is 23.1 Å². The number of hydrogen-bond donors (Lipinski definition) is 1. The number of nitrogens with zero attached hydrogens (tertiary/aromatic N) is 1. The van der Waals surface area contributed by atoms with Crippen LogP contribution in [0.5, 0.6) is 11.5 Å². The molecule has 1 aliphatic rings. The normalized spacial score (nSPS) is 20.8. The molecule has 0 aromatic heterocycles. The quantitative estimate of drug-likeness (QED) is 0.665. The van der Waals surface area contributed by atoms with Crippen molar-refractivity contribution in [2.45, 2.75) is 38.6 Å². The van der Waals surface area contributed by atoms with Crippen molar-refractivity contribution in [3.05, 3.63) is 29.3 Å². The topological polar surface area (TPSA) is 71.3 Å². The van der Waals surface area contributed by atoms with E-state index in [1.165, 1.54) is 6.42 Å². The van der Waals surface area contributed by atoms with Crippen molar-refractivity contribution < 1.29 is 14.3 Å². The number of benzene rings is 1. The molecule has 5 heteroatoms. The van der Waals surface area contributed by atoms with Crippen LogP contribution >= 0.6 is 0 Å². The number of carbonyl (C=O) groups excluding carboxylic acids is 1. The predicted molar refractivity (Wildman–Crippen MR) is 92.7 cm³/mol. The summed E-state index contributed by atoms with van der Waals surface area (Å²) in [7, 11) is 3.12. The van der Waals surface area contributed by atoms with Crippen LogP contribution in [0.25, 0.3) is 6.08 Å². The highest BCUT2D eigenvalue weighted by molar-refractivity contribution is 6.02. The Morgan fingerprint density at radius 2 is 2.04 bits per heavy atom. The first-order valence-electron chi connectivity index (χ1n) is 8.23. The Balaban J connectivity index is 2.22. The van der Waals surface area contributed by atoms with Gasteiger partial charge in [-0.3, -0.25) is 4.79 Å². The van der Waals surface area contributed by atoms with Crippen LogP contribution < -0.4 is 14.8 Å². The van der Waals surface area contributed by atoms with Crippen LogP contribution in [0, 0.1) is 17.2 Å². The lowest BCUT2D eigenvalue weighted by Crippen LogP contribution is -2.41. The molecule has 1 amide bonds. The number of carbonyl (C=O) groups is 1. The lowest BCUT2D eigenvalue weighted by molar-refractivity contribution is -0.118. The molecule has 1 aromatic carbocycles. The molecule has 0 bridgehead atoms. The molecule has 1 N–H and O–H groups in total. The largest absolute Gasteiger partial charge is 0.497 e. The second-order valence-electron chi connectivity index (χ2n) is 6.12. The minimum atomic E-state index is -0.332. The van der Waals surface area contributed by atoms with Gasteiger partial charge in [0.25, 0.3) is 5.91 Å². The first-order chi connectivity index (χ1) is 11.6. The van der Waals surface area contributed by atoms with E-state index in [0.717, 1.165) is 19.3 Å². The van der Waals surface area contributed by atoms with Gasteiger partial charge in [-0.25, -0.2) is 0 Å². The molecule has 2 rings (SSSR count). The first kappa shape index (κ1) is 17.9. The molecule has 1 fully saturated rings. The molecule has 0 saturated heterocycles. The number of hydrogen-bond acceptors (Lipinski definition) is 4. The first-order valence-corrected chi connectivity index (χ1v) is 8.23. The molecule has 128 valence electrons. The van der Waals surface area contributed by atoms with Gasteiger partial charge in [0.15, 0.2) is 0 Å². The summed E-state index contributed by atoms with van der Waals surface area (Å²) in [5, 5.41) is 12.4. The molecular formula is C19H24N2O3. The van der Waals surface area contributed by atoms with Gasteiger partial charge < -0.3 is 14.8 Å². The van der Waals surface area contributed by atoms with Crippen molar-refractivity contribution in [2.24, 2.45) is 5.92 Å². The van der Waals surface area contributed by atoms with Crippen LogP contribution in [-0.4, -0.2) is 26.2 Å². The lowest BCUT2D eigenvalue weighted by atomic mass is 9.86. The van der Waals surface area contributed by atoms with E-state index >= 15 is 0 Å². The van der Waals surface area contributed by atoms with E-state index in [9.17, 15) is 10.1 Å². The van der Waals surface area contributed by atoms with E-state index in [1.54, 1.807) is 38.5 Å². The van der Waals surface area contributed by atoms with E-state index in [1.807, 2.05) is 6.07 Å². The molecule has 24 heavy (non-hydrogen) atoms. The molecule has 1 aliphatic carbocycles. The van der Waals surface area contributed by atoms with Crippen LogP contribution in [-0.2, 0) is 4.79 Å². The third-order valence-electron chi connectivity index (χ3n) is 4.53. The molecular weight excluding hydrogens is 304 g/mol. The summed E-state index contributed by atoms with van der Waals surface area (Å²) in [6.07, 6.45) is 5.94. The van der Waals surface area contributed by atoms with Crippen LogP contribution in [0.1, 0.15) is 38.2 Å². The van der Waals surface area contributed by atoms with E-state index < -0.39 is 0 Å². The zero-order chi connectivity index (χ0) is 17.5. The van der Waals surface area contributed by atoms with Crippen molar-refractivity contribution in [2.75, 3.05) is 14.2 Å². The van der Waals surface area contributed by atoms with Gasteiger partial charge >= 0.3 is 0 Å². The van der Waals surface area contributed by atoms with Gasteiger partial charge in [-0.15, -0.1) is 0 Å². The zero-order valence-electron chi connectivity index (χ0n) is 14.5. The number of nitrogens with one attached hydrogen (secondary N) is 1. The zero-order valence-corrected chi connectivity index (χ0v) is 14.5. The van der Waals surface area contributed by atoms with Gasteiger partial charge in [0.2, 0.25) is 0 Å². The average Bonchev–Trinajstić information content (AvgIpc) is 2.61. The Morgan fingerprint density at radius 1 is 1.29 bits per heavy atom. The monoisotopic (exact) mass is 328 g/mol. The predicted octanol–water partition coefficient (Wildman–Crippen LogP) is 3.31. The number of rotatable bonds is 5. The van der Waals surface area contributed by atoms with E-state index in [0.29, 0.717) is 23.0 Å². The molecule has 0 heterocycles. The summed E-state index contributed by atoms with van der Waals surface area (Å²) in [6, 6.07) is 7.39. The third kappa shape index (κ3) is 4.29. The molecule has 0 unspecified atom stereocenters. The summed E-state index contributed by atoms with van der Waals surface area (Å²) < 4.78 is 10.5. The average molecular weight is 328 g/mol. The number of nitriles is 1. The molecule has 1 saturated carbocycles. The summed E-state index contributed by atoms with van der Waals surface area (Å²) in [5.41, 5.74) is 0.708. The number of methoxy groups -OCH3 is 2. The third-order valence-corrected chi connectivity index (χ3v) is 4.53. The molecule has 0 radical (unpaired) electrons. The molecule has 5 nitrogen and oxygen atoms in total. The number of ether oxygens (including phenoxy) is 2. The lowest BCUT2D eigenvalue weighted by Gasteiger charge is -2.29. The van der Waals surface area contributed by atoms with Crippen molar-refractivity contribution in [3.63, 3.8) is 0 Å². The molecule has 0 spiro atoms. The van der Waals surface area contributed by atoms with Crippen molar-refractivity contribution >= 4 is 12.0 Å². The van der Waals surface area contributed by atoms with Gasteiger partial charge in [-0.2, -0.15) is 5.26 Å². The van der Waals surface area contributed by atoms with Crippen LogP contribution in [0.15, 0.2) is 23.8 Å². The fourth-order valence-electron chi connectivity index (χ4n) is 3.03. The van der Waals surface area contributed by atoms with Gasteiger partial charge in [0, 0.05) is 11.6 Å². The van der Waals surface area contributed by atoms with Crippen LogP contribution in [0.3, 0.4) is 0 Å². The fraction of sp³-hybridized carbons (Fsp3) is 0.474. The fourth-order valence-corrected chi connectivity index (χ4v) is 3.03. The smallest absolute Gasteiger partial charge is 0.262 e. The summed E-state index contributed by atoms with van der Waals surface area (Å²) >= 11 is 0. The van der Waals surface area contributed by atoms with Crippen LogP contribution in [0.2, 0.25) is 0 Å². The summed E-state index contributed by atoms with van der Waals surface area (Å²) in [5.74, 6) is 1.33. The van der Waals surface area contributed by atoms with E-state index in [4.69, 9.17) is 9.47 Å². The van der Waals surface area contributed by atoms with E-state index in [-0.39, 0.29) is 17.5 Å². The van der Waals surface area contributed by atoms with Crippen molar-refractivity contribution in [3.8, 4) is 17.6 Å².